The highest BCUT2D eigenvalue weighted by atomic mass is 32.1. The standard InChI is InChI=1S/C9H17N3S/c1-4-8-11-12-9(13-8)10-6-5-7(2)3/h7H,4-6H2,1-3H3,(H,10,12). The summed E-state index contributed by atoms with van der Waals surface area (Å²) in [6.07, 6.45) is 2.16. The van der Waals surface area contributed by atoms with Gasteiger partial charge in [-0.25, -0.2) is 0 Å². The van der Waals surface area contributed by atoms with Crippen LogP contribution in [0.25, 0.3) is 0 Å². The number of nitrogens with one attached hydrogen (secondary N) is 1. The van der Waals surface area contributed by atoms with Crippen LogP contribution in [0.3, 0.4) is 0 Å². The van der Waals surface area contributed by atoms with Gasteiger partial charge in [0.15, 0.2) is 0 Å². The normalized spacial score (nSPS) is 10.8. The fourth-order valence-electron chi connectivity index (χ4n) is 0.936. The predicted octanol–water partition coefficient (Wildman–Crippen LogP) is 2.56. The Balaban J connectivity index is 2.28. The number of rotatable bonds is 5. The summed E-state index contributed by atoms with van der Waals surface area (Å²) >= 11 is 1.65. The van der Waals surface area contributed by atoms with Gasteiger partial charge in [0.2, 0.25) is 5.13 Å². The summed E-state index contributed by atoms with van der Waals surface area (Å²) in [5.74, 6) is 0.742. The Labute approximate surface area is 83.6 Å². The summed E-state index contributed by atoms with van der Waals surface area (Å²) in [6, 6.07) is 0. The van der Waals surface area contributed by atoms with Crippen molar-refractivity contribution in [3.8, 4) is 0 Å². The summed E-state index contributed by atoms with van der Waals surface area (Å²) in [5.41, 5.74) is 0. The van der Waals surface area contributed by atoms with Crippen LogP contribution in [0.15, 0.2) is 0 Å². The van der Waals surface area contributed by atoms with E-state index in [1.807, 2.05) is 0 Å². The zero-order valence-electron chi connectivity index (χ0n) is 8.50. The lowest BCUT2D eigenvalue weighted by atomic mass is 10.1. The van der Waals surface area contributed by atoms with Crippen LogP contribution in [-0.2, 0) is 6.42 Å². The third kappa shape index (κ3) is 3.72. The number of nitrogens with zero attached hydrogens (tertiary/aromatic N) is 2. The molecule has 1 rings (SSSR count). The van der Waals surface area contributed by atoms with Crippen LogP contribution in [0.1, 0.15) is 32.2 Å². The molecule has 4 heteroatoms. The second kappa shape index (κ2) is 5.17. The van der Waals surface area contributed by atoms with Gasteiger partial charge in [0, 0.05) is 6.54 Å². The highest BCUT2D eigenvalue weighted by Gasteiger charge is 2.01. The maximum Gasteiger partial charge on any atom is 0.205 e. The van der Waals surface area contributed by atoms with Gasteiger partial charge >= 0.3 is 0 Å². The molecule has 1 heterocycles. The Morgan fingerprint density at radius 3 is 2.69 bits per heavy atom. The average Bonchev–Trinajstić information content (AvgIpc) is 2.52. The van der Waals surface area contributed by atoms with Crippen LogP contribution < -0.4 is 5.32 Å². The first kappa shape index (κ1) is 10.4. The number of hydrogen-bond donors (Lipinski definition) is 1. The van der Waals surface area contributed by atoms with Gasteiger partial charge in [-0.2, -0.15) is 0 Å². The molecule has 0 radical (unpaired) electrons. The van der Waals surface area contributed by atoms with E-state index in [0.717, 1.165) is 29.0 Å². The van der Waals surface area contributed by atoms with Gasteiger partial charge in [-0.3, -0.25) is 0 Å². The van der Waals surface area contributed by atoms with Crippen molar-refractivity contribution in [2.45, 2.75) is 33.6 Å². The summed E-state index contributed by atoms with van der Waals surface area (Å²) in [4.78, 5) is 0. The lowest BCUT2D eigenvalue weighted by Crippen LogP contribution is -2.04. The van der Waals surface area contributed by atoms with Gasteiger partial charge in [0.1, 0.15) is 5.01 Å². The van der Waals surface area contributed by atoms with Crippen molar-refractivity contribution in [2.24, 2.45) is 5.92 Å². The Hall–Kier alpha value is -0.640. The lowest BCUT2D eigenvalue weighted by Gasteiger charge is -2.03. The number of aromatic nitrogens is 2. The molecule has 0 spiro atoms. The van der Waals surface area contributed by atoms with Gasteiger partial charge in [-0.1, -0.05) is 32.1 Å². The van der Waals surface area contributed by atoms with E-state index in [-0.39, 0.29) is 0 Å². The third-order valence-electron chi connectivity index (χ3n) is 1.77. The molecule has 1 N–H and O–H groups in total. The summed E-state index contributed by atoms with van der Waals surface area (Å²) in [7, 11) is 0. The van der Waals surface area contributed by atoms with Gasteiger partial charge in [-0.15, -0.1) is 10.2 Å². The molecule has 0 saturated carbocycles. The fourth-order valence-corrected chi connectivity index (χ4v) is 1.64. The molecule has 0 bridgehead atoms. The van der Waals surface area contributed by atoms with Crippen molar-refractivity contribution in [1.29, 1.82) is 0 Å². The molecule has 0 atom stereocenters. The van der Waals surface area contributed by atoms with Crippen molar-refractivity contribution >= 4 is 16.5 Å². The van der Waals surface area contributed by atoms with Crippen molar-refractivity contribution in [3.05, 3.63) is 5.01 Å². The second-order valence-corrected chi connectivity index (χ2v) is 4.53. The molecule has 0 unspecified atom stereocenters. The zero-order chi connectivity index (χ0) is 9.68. The lowest BCUT2D eigenvalue weighted by molar-refractivity contribution is 0.607. The van der Waals surface area contributed by atoms with Crippen molar-refractivity contribution in [3.63, 3.8) is 0 Å². The zero-order valence-corrected chi connectivity index (χ0v) is 9.32. The minimum Gasteiger partial charge on any atom is -0.360 e. The first-order chi connectivity index (χ1) is 6.22. The first-order valence-electron chi connectivity index (χ1n) is 4.78. The monoisotopic (exact) mass is 199 g/mol. The van der Waals surface area contributed by atoms with Gasteiger partial charge in [0.05, 0.1) is 0 Å². The molecule has 0 fully saturated rings. The van der Waals surface area contributed by atoms with E-state index in [9.17, 15) is 0 Å². The van der Waals surface area contributed by atoms with E-state index in [2.05, 4.69) is 36.3 Å². The molecule has 0 amide bonds. The molecular weight excluding hydrogens is 182 g/mol. The molecule has 13 heavy (non-hydrogen) atoms. The van der Waals surface area contributed by atoms with Gasteiger partial charge < -0.3 is 5.32 Å². The van der Waals surface area contributed by atoms with Crippen LogP contribution in [0, 0.1) is 5.92 Å². The molecule has 74 valence electrons. The third-order valence-corrected chi connectivity index (χ3v) is 2.79. The molecule has 1 aromatic heterocycles. The number of anilines is 1. The highest BCUT2D eigenvalue weighted by Crippen LogP contribution is 2.15. The Kier molecular flexibility index (Phi) is 4.15. The summed E-state index contributed by atoms with van der Waals surface area (Å²) in [6.45, 7) is 7.53. The largest absolute Gasteiger partial charge is 0.360 e. The smallest absolute Gasteiger partial charge is 0.205 e. The van der Waals surface area contributed by atoms with Crippen LogP contribution in [0.2, 0.25) is 0 Å². The number of hydrogen-bond acceptors (Lipinski definition) is 4. The van der Waals surface area contributed by atoms with E-state index in [1.54, 1.807) is 11.3 Å². The molecule has 3 nitrogen and oxygen atoms in total. The van der Waals surface area contributed by atoms with Gasteiger partial charge in [-0.05, 0) is 18.8 Å². The summed E-state index contributed by atoms with van der Waals surface area (Å²) < 4.78 is 0. The fraction of sp³-hybridized carbons (Fsp3) is 0.778. The van der Waals surface area contributed by atoms with Crippen molar-refractivity contribution in [2.75, 3.05) is 11.9 Å². The topological polar surface area (TPSA) is 37.8 Å². The summed E-state index contributed by atoms with van der Waals surface area (Å²) in [5, 5.41) is 13.4. The molecular formula is C9H17N3S. The second-order valence-electron chi connectivity index (χ2n) is 3.46. The van der Waals surface area contributed by atoms with E-state index in [4.69, 9.17) is 0 Å². The predicted molar refractivity (Wildman–Crippen MR) is 57.2 cm³/mol. The van der Waals surface area contributed by atoms with Crippen LogP contribution >= 0.6 is 11.3 Å². The molecule has 0 aliphatic rings. The molecule has 0 aromatic carbocycles. The maximum atomic E-state index is 4.04. The average molecular weight is 199 g/mol. The Bertz CT molecular complexity index is 245. The van der Waals surface area contributed by atoms with E-state index in [1.165, 1.54) is 6.42 Å². The van der Waals surface area contributed by atoms with Crippen LogP contribution in [0.5, 0.6) is 0 Å². The Morgan fingerprint density at radius 1 is 1.38 bits per heavy atom. The van der Waals surface area contributed by atoms with Gasteiger partial charge in [0.25, 0.3) is 0 Å². The van der Waals surface area contributed by atoms with Crippen LogP contribution in [-0.4, -0.2) is 16.7 Å². The minimum absolute atomic E-state index is 0.742. The van der Waals surface area contributed by atoms with Crippen LogP contribution in [0.4, 0.5) is 5.13 Å². The van der Waals surface area contributed by atoms with E-state index < -0.39 is 0 Å². The first-order valence-corrected chi connectivity index (χ1v) is 5.60. The molecule has 0 aliphatic heterocycles. The minimum atomic E-state index is 0.742. The quantitative estimate of drug-likeness (QED) is 0.792. The maximum absolute atomic E-state index is 4.04. The molecule has 0 saturated heterocycles. The molecule has 0 aliphatic carbocycles. The van der Waals surface area contributed by atoms with Crippen molar-refractivity contribution in [1.82, 2.24) is 10.2 Å². The number of aryl methyl sites for hydroxylation is 1. The van der Waals surface area contributed by atoms with Crippen molar-refractivity contribution < 1.29 is 0 Å². The highest BCUT2D eigenvalue weighted by molar-refractivity contribution is 7.15. The molecule has 1 aromatic rings. The van der Waals surface area contributed by atoms with E-state index in [0.29, 0.717) is 0 Å². The van der Waals surface area contributed by atoms with E-state index >= 15 is 0 Å². The SMILES string of the molecule is CCc1nnc(NCCC(C)C)s1. The Morgan fingerprint density at radius 2 is 2.15 bits per heavy atom.